The minimum atomic E-state index is -1.81. The van der Waals surface area contributed by atoms with Crippen LogP contribution in [0.25, 0.3) is 0 Å². The Morgan fingerprint density at radius 1 is 0.912 bits per heavy atom. The van der Waals surface area contributed by atoms with E-state index in [9.17, 15) is 14.4 Å². The van der Waals surface area contributed by atoms with E-state index in [1.165, 1.54) is 64.2 Å². The Morgan fingerprint density at radius 2 is 1.50 bits per heavy atom. The summed E-state index contributed by atoms with van der Waals surface area (Å²) in [6, 6.07) is 0. The second-order valence-electron chi connectivity index (χ2n) is 9.54. The van der Waals surface area contributed by atoms with E-state index in [-0.39, 0.29) is 12.0 Å². The molecule has 34 heavy (non-hydrogen) atoms. The highest BCUT2D eigenvalue weighted by atomic mass is 16.6. The summed E-state index contributed by atoms with van der Waals surface area (Å²) in [5, 5.41) is 0. The molecule has 0 N–H and O–H groups in total. The van der Waals surface area contributed by atoms with Crippen LogP contribution in [0.5, 0.6) is 0 Å². The Labute approximate surface area is 205 Å². The molecule has 1 heterocycles. The van der Waals surface area contributed by atoms with Crippen LogP contribution in [0.2, 0.25) is 0 Å². The Kier molecular flexibility index (Phi) is 12.1. The fraction of sp³-hybridized carbons (Fsp3) is 0.621. The monoisotopic (exact) mass is 470 g/mol. The van der Waals surface area contributed by atoms with E-state index in [1.54, 1.807) is 13.0 Å². The number of rotatable bonds is 16. The summed E-state index contributed by atoms with van der Waals surface area (Å²) >= 11 is 0. The topological polar surface area (TPSA) is 69.7 Å². The van der Waals surface area contributed by atoms with Crippen molar-refractivity contribution >= 4 is 17.5 Å². The maximum absolute atomic E-state index is 12.8. The SMILES string of the molecule is CCCCCCCC/C=C\CCCCCCCC(=O)O[C@]1(C)C(=O)C=C2C=C(C)OC=C2C1=O. The highest BCUT2D eigenvalue weighted by molar-refractivity contribution is 6.26. The fourth-order valence-corrected chi connectivity index (χ4v) is 4.22. The van der Waals surface area contributed by atoms with Gasteiger partial charge in [-0.2, -0.15) is 0 Å². The second kappa shape index (κ2) is 14.7. The van der Waals surface area contributed by atoms with Crippen LogP contribution in [0.3, 0.4) is 0 Å². The lowest BCUT2D eigenvalue weighted by Gasteiger charge is -2.31. The van der Waals surface area contributed by atoms with E-state index in [0.29, 0.717) is 17.8 Å². The predicted octanol–water partition coefficient (Wildman–Crippen LogP) is 7.22. The highest BCUT2D eigenvalue weighted by Crippen LogP contribution is 2.33. The Balaban J connectivity index is 1.56. The van der Waals surface area contributed by atoms with Gasteiger partial charge in [0.25, 0.3) is 0 Å². The highest BCUT2D eigenvalue weighted by Gasteiger charge is 2.49. The summed E-state index contributed by atoms with van der Waals surface area (Å²) < 4.78 is 10.7. The third-order valence-corrected chi connectivity index (χ3v) is 6.43. The maximum atomic E-state index is 12.8. The van der Waals surface area contributed by atoms with Gasteiger partial charge < -0.3 is 9.47 Å². The third kappa shape index (κ3) is 8.73. The number of fused-ring (bicyclic) bond motifs is 1. The van der Waals surface area contributed by atoms with Gasteiger partial charge in [-0.3, -0.25) is 14.4 Å². The Hall–Kier alpha value is -2.43. The molecule has 5 nitrogen and oxygen atoms in total. The molecule has 0 bridgehead atoms. The molecular weight excluding hydrogens is 428 g/mol. The summed E-state index contributed by atoms with van der Waals surface area (Å²) in [6.45, 7) is 5.36. The van der Waals surface area contributed by atoms with E-state index in [0.717, 1.165) is 32.1 Å². The van der Waals surface area contributed by atoms with Crippen molar-refractivity contribution in [2.45, 2.75) is 116 Å². The van der Waals surface area contributed by atoms with E-state index >= 15 is 0 Å². The van der Waals surface area contributed by atoms with Gasteiger partial charge in [-0.25, -0.2) is 0 Å². The average Bonchev–Trinajstić information content (AvgIpc) is 2.80. The lowest BCUT2D eigenvalue weighted by Crippen LogP contribution is -2.50. The number of esters is 1. The maximum Gasteiger partial charge on any atom is 0.307 e. The standard InChI is InChI=1S/C29H42O5/c1-4-5-6-7-8-9-10-11-12-13-14-15-16-17-18-19-27(31)34-29(3)26(30)21-24-20-23(2)33-22-25(24)28(29)32/h11-12,20-22H,4-10,13-19H2,1-3H3/b12-11-/t29-/m1/s1. The lowest BCUT2D eigenvalue weighted by molar-refractivity contribution is -0.169. The van der Waals surface area contributed by atoms with E-state index in [1.807, 2.05) is 0 Å². The summed E-state index contributed by atoms with van der Waals surface area (Å²) in [6.07, 6.45) is 24.5. The van der Waals surface area contributed by atoms with Gasteiger partial charge in [0.2, 0.25) is 17.2 Å². The first-order chi connectivity index (χ1) is 16.4. The molecule has 1 aliphatic heterocycles. The van der Waals surface area contributed by atoms with Crippen LogP contribution in [0, 0.1) is 0 Å². The van der Waals surface area contributed by atoms with Crippen molar-refractivity contribution in [2.75, 3.05) is 0 Å². The van der Waals surface area contributed by atoms with Crippen molar-refractivity contribution in [1.29, 1.82) is 0 Å². The fourth-order valence-electron chi connectivity index (χ4n) is 4.22. The average molecular weight is 471 g/mol. The zero-order valence-corrected chi connectivity index (χ0v) is 21.3. The number of hydrogen-bond donors (Lipinski definition) is 0. The molecule has 0 fully saturated rings. The zero-order valence-electron chi connectivity index (χ0n) is 21.3. The van der Waals surface area contributed by atoms with Crippen molar-refractivity contribution in [2.24, 2.45) is 0 Å². The molecule has 0 amide bonds. The van der Waals surface area contributed by atoms with Crippen LogP contribution in [0.4, 0.5) is 0 Å². The number of carbonyl (C=O) groups excluding carboxylic acids is 3. The van der Waals surface area contributed by atoms with Gasteiger partial charge in [0.05, 0.1) is 5.57 Å². The third-order valence-electron chi connectivity index (χ3n) is 6.43. The van der Waals surface area contributed by atoms with Crippen molar-refractivity contribution in [3.63, 3.8) is 0 Å². The molecule has 0 aromatic carbocycles. The summed E-state index contributed by atoms with van der Waals surface area (Å²) in [4.78, 5) is 37.7. The molecule has 0 unspecified atom stereocenters. The molecule has 0 saturated heterocycles. The molecule has 2 aliphatic rings. The van der Waals surface area contributed by atoms with Crippen molar-refractivity contribution in [3.05, 3.63) is 47.5 Å². The first-order valence-electron chi connectivity index (χ1n) is 13.1. The van der Waals surface area contributed by atoms with Crippen LogP contribution < -0.4 is 0 Å². The predicted molar refractivity (Wildman–Crippen MR) is 135 cm³/mol. The minimum absolute atomic E-state index is 0.208. The molecule has 0 aromatic heterocycles. The van der Waals surface area contributed by atoms with Crippen LogP contribution in [0.1, 0.15) is 111 Å². The minimum Gasteiger partial charge on any atom is -0.469 e. The number of ether oxygens (including phenoxy) is 2. The number of ketones is 2. The first kappa shape index (κ1) is 27.8. The van der Waals surface area contributed by atoms with E-state index in [2.05, 4.69) is 19.1 Å². The van der Waals surface area contributed by atoms with Gasteiger partial charge in [0.1, 0.15) is 12.0 Å². The smallest absolute Gasteiger partial charge is 0.307 e. The molecule has 0 aromatic rings. The quantitative estimate of drug-likeness (QED) is 0.103. The molecule has 0 spiro atoms. The number of allylic oxidation sites excluding steroid dienone is 5. The molecule has 5 heteroatoms. The molecule has 0 radical (unpaired) electrons. The Bertz CT molecular complexity index is 829. The van der Waals surface area contributed by atoms with Crippen LogP contribution in [-0.2, 0) is 23.9 Å². The van der Waals surface area contributed by atoms with Crippen molar-refractivity contribution < 1.29 is 23.9 Å². The van der Waals surface area contributed by atoms with Gasteiger partial charge in [-0.15, -0.1) is 0 Å². The van der Waals surface area contributed by atoms with Gasteiger partial charge in [0.15, 0.2) is 0 Å². The van der Waals surface area contributed by atoms with Crippen molar-refractivity contribution in [3.8, 4) is 0 Å². The second-order valence-corrected chi connectivity index (χ2v) is 9.54. The summed E-state index contributed by atoms with van der Waals surface area (Å²) in [5.74, 6) is -0.951. The van der Waals surface area contributed by atoms with E-state index in [4.69, 9.17) is 9.47 Å². The number of carbonyl (C=O) groups is 3. The van der Waals surface area contributed by atoms with E-state index < -0.39 is 23.1 Å². The lowest BCUT2D eigenvalue weighted by atomic mass is 9.80. The number of Topliss-reactive ketones (excluding diaryl/α,β-unsaturated/α-hetero) is 1. The Morgan fingerprint density at radius 3 is 2.15 bits per heavy atom. The number of unbranched alkanes of at least 4 members (excludes halogenated alkanes) is 11. The van der Waals surface area contributed by atoms with Crippen LogP contribution in [0.15, 0.2) is 47.5 Å². The molecule has 2 rings (SSSR count). The zero-order chi connectivity index (χ0) is 24.8. The molecule has 1 atom stereocenters. The van der Waals surface area contributed by atoms with Gasteiger partial charge in [-0.1, -0.05) is 70.4 Å². The van der Waals surface area contributed by atoms with Gasteiger partial charge in [0, 0.05) is 6.42 Å². The summed E-state index contributed by atoms with van der Waals surface area (Å²) in [7, 11) is 0. The van der Waals surface area contributed by atoms with Crippen molar-refractivity contribution in [1.82, 2.24) is 0 Å². The normalized spacial score (nSPS) is 19.9. The summed E-state index contributed by atoms with van der Waals surface area (Å²) in [5.41, 5.74) is -1.04. The molecule has 0 saturated carbocycles. The first-order valence-corrected chi connectivity index (χ1v) is 13.1. The molecule has 188 valence electrons. The molecular formula is C29H42O5. The molecule has 1 aliphatic carbocycles. The van der Waals surface area contributed by atoms with Crippen LogP contribution in [-0.4, -0.2) is 23.1 Å². The largest absolute Gasteiger partial charge is 0.469 e. The number of hydrogen-bond acceptors (Lipinski definition) is 5. The van der Waals surface area contributed by atoms with Gasteiger partial charge in [-0.05, 0) is 63.7 Å². The van der Waals surface area contributed by atoms with Gasteiger partial charge >= 0.3 is 5.97 Å². The van der Waals surface area contributed by atoms with Crippen LogP contribution >= 0.6 is 0 Å².